The van der Waals surface area contributed by atoms with Gasteiger partial charge in [0.15, 0.2) is 5.79 Å². The van der Waals surface area contributed by atoms with Gasteiger partial charge in [0.2, 0.25) is 0 Å². The third kappa shape index (κ3) is 2.13. The summed E-state index contributed by atoms with van der Waals surface area (Å²) in [5.74, 6) is 0.844. The molecule has 98 valence electrons. The molecule has 1 aromatic heterocycles. The fourth-order valence-electron chi connectivity index (χ4n) is 2.64. The number of ether oxygens (including phenoxy) is 2. The molecule has 0 saturated carbocycles. The van der Waals surface area contributed by atoms with E-state index in [0.29, 0.717) is 31.4 Å². The Morgan fingerprint density at radius 3 is 2.94 bits per heavy atom. The number of aromatic nitrogens is 2. The van der Waals surface area contributed by atoms with E-state index in [2.05, 4.69) is 14.9 Å². The molecule has 2 aliphatic rings. The largest absolute Gasteiger partial charge is 0.351 e. The summed E-state index contributed by atoms with van der Waals surface area (Å²) in [5.41, 5.74) is -0.120. The normalized spacial score (nSPS) is 22.6. The van der Waals surface area contributed by atoms with E-state index in [1.165, 1.54) is 6.07 Å². The fourth-order valence-corrected chi connectivity index (χ4v) is 2.64. The van der Waals surface area contributed by atoms with Gasteiger partial charge in [0.05, 0.1) is 19.8 Å². The van der Waals surface area contributed by atoms with Gasteiger partial charge < -0.3 is 19.4 Å². The Morgan fingerprint density at radius 2 is 2.22 bits per heavy atom. The predicted octanol–water partition coefficient (Wildman–Crippen LogP) is 0.422. The van der Waals surface area contributed by atoms with Crippen LogP contribution < -0.4 is 10.5 Å². The summed E-state index contributed by atoms with van der Waals surface area (Å²) < 4.78 is 11.4. The lowest BCUT2D eigenvalue weighted by Gasteiger charge is -2.39. The standard InChI is InChI=1S/C12H17N3O3/c1-9-13-10(7-11(16)14-9)15-4-2-3-12(8-15)17-5-6-18-12/h7H,2-6,8H2,1H3,(H,13,14,16). The van der Waals surface area contributed by atoms with Gasteiger partial charge in [0.25, 0.3) is 5.56 Å². The molecule has 6 nitrogen and oxygen atoms in total. The summed E-state index contributed by atoms with van der Waals surface area (Å²) in [6.45, 7) is 4.60. The van der Waals surface area contributed by atoms with Crippen LogP contribution in [-0.2, 0) is 9.47 Å². The van der Waals surface area contributed by atoms with Gasteiger partial charge in [-0.15, -0.1) is 0 Å². The van der Waals surface area contributed by atoms with E-state index in [9.17, 15) is 4.79 Å². The zero-order valence-corrected chi connectivity index (χ0v) is 10.4. The highest BCUT2D eigenvalue weighted by atomic mass is 16.7. The Labute approximate surface area is 105 Å². The molecule has 3 rings (SSSR count). The first-order valence-electron chi connectivity index (χ1n) is 6.28. The maximum atomic E-state index is 11.5. The van der Waals surface area contributed by atoms with Crippen LogP contribution in [0.5, 0.6) is 0 Å². The summed E-state index contributed by atoms with van der Waals surface area (Å²) in [4.78, 5) is 20.6. The van der Waals surface area contributed by atoms with Gasteiger partial charge in [-0.2, -0.15) is 0 Å². The number of nitrogens with one attached hydrogen (secondary N) is 1. The molecule has 2 saturated heterocycles. The molecular formula is C12H17N3O3. The van der Waals surface area contributed by atoms with Gasteiger partial charge in [-0.25, -0.2) is 4.98 Å². The van der Waals surface area contributed by atoms with Crippen LogP contribution in [0.25, 0.3) is 0 Å². The second-order valence-corrected chi connectivity index (χ2v) is 4.82. The Bertz CT molecular complexity index is 494. The summed E-state index contributed by atoms with van der Waals surface area (Å²) >= 11 is 0. The van der Waals surface area contributed by atoms with Gasteiger partial charge >= 0.3 is 0 Å². The third-order valence-electron chi connectivity index (χ3n) is 3.40. The van der Waals surface area contributed by atoms with Crippen LogP contribution in [0.4, 0.5) is 5.82 Å². The summed E-state index contributed by atoms with van der Waals surface area (Å²) in [7, 11) is 0. The van der Waals surface area contributed by atoms with Crippen LogP contribution in [0, 0.1) is 6.92 Å². The topological polar surface area (TPSA) is 67.5 Å². The molecule has 0 bridgehead atoms. The van der Waals surface area contributed by atoms with E-state index in [-0.39, 0.29) is 5.56 Å². The van der Waals surface area contributed by atoms with Gasteiger partial charge in [-0.3, -0.25) is 4.79 Å². The zero-order chi connectivity index (χ0) is 12.6. The van der Waals surface area contributed by atoms with Crippen molar-refractivity contribution in [2.45, 2.75) is 25.6 Å². The fraction of sp³-hybridized carbons (Fsp3) is 0.667. The first-order chi connectivity index (χ1) is 8.67. The first-order valence-corrected chi connectivity index (χ1v) is 6.28. The van der Waals surface area contributed by atoms with Crippen LogP contribution >= 0.6 is 0 Å². The average Bonchev–Trinajstić information content (AvgIpc) is 2.76. The van der Waals surface area contributed by atoms with Crippen LogP contribution in [0.15, 0.2) is 10.9 Å². The molecule has 6 heteroatoms. The molecule has 2 fully saturated rings. The van der Waals surface area contributed by atoms with E-state index in [1.54, 1.807) is 6.92 Å². The van der Waals surface area contributed by atoms with E-state index in [4.69, 9.17) is 9.47 Å². The van der Waals surface area contributed by atoms with Crippen LogP contribution in [0.2, 0.25) is 0 Å². The van der Waals surface area contributed by atoms with Crippen molar-refractivity contribution in [1.29, 1.82) is 0 Å². The SMILES string of the molecule is Cc1nc(N2CCCC3(C2)OCCO3)cc(=O)[nH]1. The number of nitrogens with zero attached hydrogens (tertiary/aromatic N) is 2. The van der Waals surface area contributed by atoms with Gasteiger partial charge in [-0.05, 0) is 13.3 Å². The highest BCUT2D eigenvalue weighted by Crippen LogP contribution is 2.31. The maximum Gasteiger partial charge on any atom is 0.252 e. The lowest BCUT2D eigenvalue weighted by Crippen LogP contribution is -2.49. The number of aryl methyl sites for hydroxylation is 1. The molecule has 1 spiro atoms. The molecule has 0 unspecified atom stereocenters. The molecule has 0 aromatic carbocycles. The maximum absolute atomic E-state index is 11.5. The minimum Gasteiger partial charge on any atom is -0.351 e. The third-order valence-corrected chi connectivity index (χ3v) is 3.40. The molecule has 0 amide bonds. The molecule has 0 aliphatic carbocycles. The van der Waals surface area contributed by atoms with Crippen molar-refractivity contribution in [2.24, 2.45) is 0 Å². The Kier molecular flexibility index (Phi) is 2.83. The van der Waals surface area contributed by atoms with Crippen LogP contribution in [0.1, 0.15) is 18.7 Å². The number of hydrogen-bond acceptors (Lipinski definition) is 5. The molecule has 18 heavy (non-hydrogen) atoms. The molecule has 0 radical (unpaired) electrons. The van der Waals surface area contributed by atoms with Crippen molar-refractivity contribution in [3.63, 3.8) is 0 Å². The molecule has 1 N–H and O–H groups in total. The number of rotatable bonds is 1. The van der Waals surface area contributed by atoms with E-state index < -0.39 is 5.79 Å². The predicted molar refractivity (Wildman–Crippen MR) is 65.7 cm³/mol. The zero-order valence-electron chi connectivity index (χ0n) is 10.4. The van der Waals surface area contributed by atoms with Crippen LogP contribution in [-0.4, -0.2) is 42.1 Å². The lowest BCUT2D eigenvalue weighted by molar-refractivity contribution is -0.161. The van der Waals surface area contributed by atoms with Gasteiger partial charge in [0.1, 0.15) is 11.6 Å². The quantitative estimate of drug-likeness (QED) is 0.783. The summed E-state index contributed by atoms with van der Waals surface area (Å²) in [6.07, 6.45) is 1.89. The first kappa shape index (κ1) is 11.7. The highest BCUT2D eigenvalue weighted by Gasteiger charge is 2.41. The molecule has 0 atom stereocenters. The van der Waals surface area contributed by atoms with E-state index in [0.717, 1.165) is 19.4 Å². The number of piperidine rings is 1. The lowest BCUT2D eigenvalue weighted by atomic mass is 10.0. The molecule has 3 heterocycles. The summed E-state index contributed by atoms with van der Waals surface area (Å²) in [6, 6.07) is 1.53. The van der Waals surface area contributed by atoms with Gasteiger partial charge in [-0.1, -0.05) is 0 Å². The number of aromatic amines is 1. The van der Waals surface area contributed by atoms with Crippen molar-refractivity contribution < 1.29 is 9.47 Å². The molecule has 1 aromatic rings. The number of anilines is 1. The van der Waals surface area contributed by atoms with E-state index in [1.807, 2.05) is 0 Å². The van der Waals surface area contributed by atoms with Crippen molar-refractivity contribution in [3.05, 3.63) is 22.2 Å². The van der Waals surface area contributed by atoms with E-state index >= 15 is 0 Å². The highest BCUT2D eigenvalue weighted by molar-refractivity contribution is 5.38. The monoisotopic (exact) mass is 251 g/mol. The van der Waals surface area contributed by atoms with Crippen molar-refractivity contribution >= 4 is 5.82 Å². The van der Waals surface area contributed by atoms with Crippen molar-refractivity contribution in [2.75, 3.05) is 31.2 Å². The minimum absolute atomic E-state index is 0.120. The van der Waals surface area contributed by atoms with Crippen molar-refractivity contribution in [1.82, 2.24) is 9.97 Å². The minimum atomic E-state index is -0.490. The van der Waals surface area contributed by atoms with Crippen molar-refractivity contribution in [3.8, 4) is 0 Å². The Morgan fingerprint density at radius 1 is 1.44 bits per heavy atom. The Balaban J connectivity index is 1.85. The molecular weight excluding hydrogens is 234 g/mol. The second-order valence-electron chi connectivity index (χ2n) is 4.82. The van der Waals surface area contributed by atoms with Gasteiger partial charge in [0, 0.05) is 19.0 Å². The number of H-pyrrole nitrogens is 1. The average molecular weight is 251 g/mol. The Hall–Kier alpha value is -1.40. The smallest absolute Gasteiger partial charge is 0.252 e. The second kappa shape index (κ2) is 4.37. The van der Waals surface area contributed by atoms with Crippen LogP contribution in [0.3, 0.4) is 0 Å². The molecule has 2 aliphatic heterocycles. The number of hydrogen-bond donors (Lipinski definition) is 1. The summed E-state index contributed by atoms with van der Waals surface area (Å²) in [5, 5.41) is 0.